The number of aromatic nitrogens is 3. The second-order valence-corrected chi connectivity index (χ2v) is 5.64. The lowest BCUT2D eigenvalue weighted by Crippen LogP contribution is -2.58. The van der Waals surface area contributed by atoms with E-state index in [1.54, 1.807) is 24.4 Å². The molecule has 4 heterocycles. The van der Waals surface area contributed by atoms with Crippen molar-refractivity contribution >= 4 is 16.9 Å². The first-order chi connectivity index (χ1) is 11.4. The molecule has 1 saturated heterocycles. The Hall–Kier alpha value is -2.90. The van der Waals surface area contributed by atoms with Gasteiger partial charge in [0, 0.05) is 23.8 Å². The first kappa shape index (κ1) is 14.7. The number of rotatable bonds is 2. The van der Waals surface area contributed by atoms with Crippen molar-refractivity contribution in [3.63, 3.8) is 0 Å². The van der Waals surface area contributed by atoms with Gasteiger partial charge in [-0.2, -0.15) is 4.39 Å². The standard InChI is InChI=1S/C16H11F3N4O/c17-13-7-11(3-5-20-13)23-12(6-10-2-1-4-21-14(10)23)15(24)22-8-16(18,19)9-22/h1-7H,8-9H2. The zero-order valence-corrected chi connectivity index (χ0v) is 12.3. The largest absolute Gasteiger partial charge is 0.325 e. The van der Waals surface area contributed by atoms with Gasteiger partial charge in [0.05, 0.1) is 18.8 Å². The molecule has 0 aromatic carbocycles. The van der Waals surface area contributed by atoms with Gasteiger partial charge in [-0.1, -0.05) is 0 Å². The number of alkyl halides is 2. The molecule has 0 bridgehead atoms. The number of carbonyl (C=O) groups excluding carboxylic acids is 1. The second kappa shape index (κ2) is 5.05. The molecule has 122 valence electrons. The molecule has 8 heteroatoms. The van der Waals surface area contributed by atoms with Crippen molar-refractivity contribution in [3.8, 4) is 5.69 Å². The highest BCUT2D eigenvalue weighted by Gasteiger charge is 2.47. The van der Waals surface area contributed by atoms with Crippen LogP contribution in [0.1, 0.15) is 10.5 Å². The van der Waals surface area contributed by atoms with Crippen LogP contribution in [0.4, 0.5) is 13.2 Å². The summed E-state index contributed by atoms with van der Waals surface area (Å²) in [5, 5.41) is 0.658. The van der Waals surface area contributed by atoms with Crippen molar-refractivity contribution in [3.05, 3.63) is 54.4 Å². The smallest absolute Gasteiger partial charge is 0.282 e. The third-order valence-electron chi connectivity index (χ3n) is 3.88. The molecule has 0 unspecified atom stereocenters. The lowest BCUT2D eigenvalue weighted by molar-refractivity contribution is -0.113. The molecule has 0 aliphatic carbocycles. The summed E-state index contributed by atoms with van der Waals surface area (Å²) >= 11 is 0. The zero-order chi connectivity index (χ0) is 16.9. The summed E-state index contributed by atoms with van der Waals surface area (Å²) in [5.74, 6) is -4.11. The molecule has 0 saturated carbocycles. The number of halogens is 3. The van der Waals surface area contributed by atoms with E-state index >= 15 is 0 Å². The van der Waals surface area contributed by atoms with Gasteiger partial charge in [0.1, 0.15) is 11.3 Å². The van der Waals surface area contributed by atoms with E-state index in [4.69, 9.17) is 0 Å². The monoisotopic (exact) mass is 332 g/mol. The summed E-state index contributed by atoms with van der Waals surface area (Å²) in [6.45, 7) is -1.24. The van der Waals surface area contributed by atoms with Gasteiger partial charge < -0.3 is 4.90 Å². The average Bonchev–Trinajstić information content (AvgIpc) is 2.91. The molecule has 5 nitrogen and oxygen atoms in total. The highest BCUT2D eigenvalue weighted by atomic mass is 19.3. The van der Waals surface area contributed by atoms with E-state index < -0.39 is 30.9 Å². The molecule has 0 N–H and O–H groups in total. The molecule has 4 rings (SSSR count). The number of nitrogens with zero attached hydrogens (tertiary/aromatic N) is 4. The number of pyridine rings is 2. The summed E-state index contributed by atoms with van der Waals surface area (Å²) < 4.78 is 41.1. The van der Waals surface area contributed by atoms with Crippen LogP contribution in [0.2, 0.25) is 0 Å². The normalized spacial score (nSPS) is 16.2. The number of hydrogen-bond acceptors (Lipinski definition) is 3. The molecule has 3 aromatic rings. The van der Waals surface area contributed by atoms with E-state index in [0.717, 1.165) is 11.0 Å². The summed E-state index contributed by atoms with van der Waals surface area (Å²) in [6.07, 6.45) is 2.81. The molecule has 0 spiro atoms. The van der Waals surface area contributed by atoms with Crippen LogP contribution >= 0.6 is 0 Å². The Balaban J connectivity index is 1.86. The molecule has 0 radical (unpaired) electrons. The molecule has 1 aliphatic heterocycles. The van der Waals surface area contributed by atoms with Crippen LogP contribution < -0.4 is 0 Å². The van der Waals surface area contributed by atoms with Crippen LogP contribution in [0.25, 0.3) is 16.7 Å². The third-order valence-corrected chi connectivity index (χ3v) is 3.88. The van der Waals surface area contributed by atoms with E-state index in [2.05, 4.69) is 9.97 Å². The highest BCUT2D eigenvalue weighted by Crippen LogP contribution is 2.30. The first-order valence-corrected chi connectivity index (χ1v) is 7.20. The zero-order valence-electron chi connectivity index (χ0n) is 12.3. The van der Waals surface area contributed by atoms with Crippen molar-refractivity contribution in [2.24, 2.45) is 0 Å². The third kappa shape index (κ3) is 2.31. The Morgan fingerprint density at radius 3 is 2.62 bits per heavy atom. The lowest BCUT2D eigenvalue weighted by atomic mass is 10.1. The summed E-state index contributed by atoms with van der Waals surface area (Å²) in [4.78, 5) is 21.4. The maximum absolute atomic E-state index is 13.5. The van der Waals surface area contributed by atoms with Crippen molar-refractivity contribution in [1.29, 1.82) is 0 Å². The SMILES string of the molecule is O=C(c1cc2cccnc2n1-c1ccnc(F)c1)N1CC(F)(F)C1. The minimum atomic E-state index is -2.85. The van der Waals surface area contributed by atoms with Crippen LogP contribution in [0.15, 0.2) is 42.7 Å². The summed E-state index contributed by atoms with van der Waals surface area (Å²) in [5.41, 5.74) is 0.954. The molecule has 0 atom stereocenters. The first-order valence-electron chi connectivity index (χ1n) is 7.20. The van der Waals surface area contributed by atoms with E-state index in [1.807, 2.05) is 0 Å². The summed E-state index contributed by atoms with van der Waals surface area (Å²) in [7, 11) is 0. The summed E-state index contributed by atoms with van der Waals surface area (Å²) in [6, 6.07) is 7.71. The predicted molar refractivity (Wildman–Crippen MR) is 79.7 cm³/mol. The van der Waals surface area contributed by atoms with Crippen LogP contribution in [-0.4, -0.2) is 44.4 Å². The molecular weight excluding hydrogens is 321 g/mol. The molecular formula is C16H11F3N4O. The van der Waals surface area contributed by atoms with Crippen LogP contribution in [0, 0.1) is 5.95 Å². The number of fused-ring (bicyclic) bond motifs is 1. The van der Waals surface area contributed by atoms with Gasteiger partial charge in [-0.3, -0.25) is 9.36 Å². The van der Waals surface area contributed by atoms with Gasteiger partial charge in [0.15, 0.2) is 0 Å². The highest BCUT2D eigenvalue weighted by molar-refractivity contribution is 5.99. The molecule has 1 aliphatic rings. The lowest BCUT2D eigenvalue weighted by Gasteiger charge is -2.38. The van der Waals surface area contributed by atoms with Crippen molar-refractivity contribution < 1.29 is 18.0 Å². The van der Waals surface area contributed by atoms with Gasteiger partial charge in [0.2, 0.25) is 5.95 Å². The second-order valence-electron chi connectivity index (χ2n) is 5.64. The van der Waals surface area contributed by atoms with Crippen molar-refractivity contribution in [2.75, 3.05) is 13.1 Å². The topological polar surface area (TPSA) is 51.0 Å². The maximum atomic E-state index is 13.5. The minimum Gasteiger partial charge on any atom is -0.325 e. The van der Waals surface area contributed by atoms with Crippen molar-refractivity contribution in [2.45, 2.75) is 5.92 Å². The Kier molecular flexibility index (Phi) is 3.09. The fourth-order valence-corrected chi connectivity index (χ4v) is 2.80. The Morgan fingerprint density at radius 1 is 1.12 bits per heavy atom. The van der Waals surface area contributed by atoms with Gasteiger partial charge in [-0.25, -0.2) is 18.7 Å². The number of carbonyl (C=O) groups is 1. The van der Waals surface area contributed by atoms with E-state index in [9.17, 15) is 18.0 Å². The average molecular weight is 332 g/mol. The van der Waals surface area contributed by atoms with Crippen molar-refractivity contribution in [1.82, 2.24) is 19.4 Å². The maximum Gasteiger partial charge on any atom is 0.282 e. The molecule has 1 amide bonds. The van der Waals surface area contributed by atoms with E-state index in [0.29, 0.717) is 16.7 Å². The van der Waals surface area contributed by atoms with Gasteiger partial charge in [0.25, 0.3) is 11.8 Å². The number of amides is 1. The van der Waals surface area contributed by atoms with E-state index in [1.165, 1.54) is 16.8 Å². The Morgan fingerprint density at radius 2 is 1.92 bits per heavy atom. The van der Waals surface area contributed by atoms with Crippen LogP contribution in [-0.2, 0) is 0 Å². The van der Waals surface area contributed by atoms with Gasteiger partial charge in [-0.15, -0.1) is 0 Å². The van der Waals surface area contributed by atoms with E-state index in [-0.39, 0.29) is 5.69 Å². The minimum absolute atomic E-state index is 0.157. The fourth-order valence-electron chi connectivity index (χ4n) is 2.80. The molecule has 3 aromatic heterocycles. The Labute approximate surface area is 134 Å². The van der Waals surface area contributed by atoms with Gasteiger partial charge in [-0.05, 0) is 24.3 Å². The van der Waals surface area contributed by atoms with Gasteiger partial charge >= 0.3 is 0 Å². The predicted octanol–water partition coefficient (Wildman–Crippen LogP) is 2.65. The molecule has 24 heavy (non-hydrogen) atoms. The van der Waals surface area contributed by atoms with Crippen LogP contribution in [0.5, 0.6) is 0 Å². The number of likely N-dealkylation sites (tertiary alicyclic amines) is 1. The quantitative estimate of drug-likeness (QED) is 0.678. The fraction of sp³-hybridized carbons (Fsp3) is 0.188. The molecule has 1 fully saturated rings. The number of hydrogen-bond donors (Lipinski definition) is 0. The van der Waals surface area contributed by atoms with Crippen LogP contribution in [0.3, 0.4) is 0 Å². The Bertz CT molecular complexity index is 945.